The molecular formula is C15H22ClN3O. The molecule has 1 saturated heterocycles. The fourth-order valence-electron chi connectivity index (χ4n) is 2.54. The predicted molar refractivity (Wildman–Crippen MR) is 81.0 cm³/mol. The monoisotopic (exact) mass is 295 g/mol. The Hall–Kier alpha value is -1.13. The summed E-state index contributed by atoms with van der Waals surface area (Å²) in [6, 6.07) is 2.18. The molecule has 5 heteroatoms. The quantitative estimate of drug-likeness (QED) is 0.928. The van der Waals surface area contributed by atoms with Gasteiger partial charge in [0.15, 0.2) is 0 Å². The molecule has 1 atom stereocenters. The van der Waals surface area contributed by atoms with Gasteiger partial charge in [-0.05, 0) is 31.4 Å². The van der Waals surface area contributed by atoms with Crippen molar-refractivity contribution in [3.05, 3.63) is 29.0 Å². The Morgan fingerprint density at radius 3 is 3.10 bits per heavy atom. The van der Waals surface area contributed by atoms with Gasteiger partial charge in [-0.15, -0.1) is 0 Å². The lowest BCUT2D eigenvalue weighted by Gasteiger charge is -2.33. The molecule has 0 aromatic carbocycles. The van der Waals surface area contributed by atoms with Crippen LogP contribution in [0, 0.1) is 5.92 Å². The zero-order chi connectivity index (χ0) is 14.5. The summed E-state index contributed by atoms with van der Waals surface area (Å²) in [6.45, 7) is 6.86. The fourth-order valence-corrected chi connectivity index (χ4v) is 2.74. The van der Waals surface area contributed by atoms with E-state index in [4.69, 9.17) is 11.6 Å². The summed E-state index contributed by atoms with van der Waals surface area (Å²) in [5.74, 6) is 0.544. The van der Waals surface area contributed by atoms with E-state index in [1.165, 1.54) is 12.6 Å². The van der Waals surface area contributed by atoms with Crippen LogP contribution in [0.15, 0.2) is 18.5 Å². The van der Waals surface area contributed by atoms with Gasteiger partial charge in [0, 0.05) is 31.5 Å². The molecule has 0 bridgehead atoms. The van der Waals surface area contributed by atoms with E-state index in [0.717, 1.165) is 26.1 Å². The summed E-state index contributed by atoms with van der Waals surface area (Å²) in [5.41, 5.74) is 0.555. The molecule has 110 valence electrons. The number of aromatic nitrogens is 1. The van der Waals surface area contributed by atoms with Crippen LogP contribution in [0.5, 0.6) is 0 Å². The van der Waals surface area contributed by atoms with Gasteiger partial charge < -0.3 is 10.2 Å². The minimum Gasteiger partial charge on any atom is -0.338 e. The molecule has 1 aliphatic rings. The van der Waals surface area contributed by atoms with Crippen LogP contribution in [0.2, 0.25) is 5.02 Å². The second-order valence-corrected chi connectivity index (χ2v) is 6.09. The molecule has 1 fully saturated rings. The van der Waals surface area contributed by atoms with Crippen molar-refractivity contribution in [3.8, 4) is 0 Å². The molecule has 4 nitrogen and oxygen atoms in total. The molecule has 1 aliphatic heterocycles. The van der Waals surface area contributed by atoms with Crippen molar-refractivity contribution < 1.29 is 4.79 Å². The molecule has 1 N–H and O–H groups in total. The lowest BCUT2D eigenvalue weighted by molar-refractivity contribution is 0.0672. The Labute approximate surface area is 125 Å². The van der Waals surface area contributed by atoms with Gasteiger partial charge in [-0.1, -0.05) is 25.4 Å². The zero-order valence-corrected chi connectivity index (χ0v) is 12.9. The van der Waals surface area contributed by atoms with Crippen molar-refractivity contribution in [2.45, 2.75) is 32.7 Å². The van der Waals surface area contributed by atoms with Crippen LogP contribution < -0.4 is 5.32 Å². The molecule has 2 heterocycles. The van der Waals surface area contributed by atoms with Crippen molar-refractivity contribution >= 4 is 17.5 Å². The van der Waals surface area contributed by atoms with Crippen molar-refractivity contribution in [2.24, 2.45) is 5.92 Å². The van der Waals surface area contributed by atoms with Gasteiger partial charge in [-0.25, -0.2) is 0 Å². The van der Waals surface area contributed by atoms with Gasteiger partial charge in [0.1, 0.15) is 0 Å². The van der Waals surface area contributed by atoms with E-state index < -0.39 is 0 Å². The van der Waals surface area contributed by atoms with Crippen molar-refractivity contribution in [1.82, 2.24) is 15.2 Å². The van der Waals surface area contributed by atoms with E-state index in [0.29, 0.717) is 22.5 Å². The third-order valence-electron chi connectivity index (χ3n) is 3.62. The van der Waals surface area contributed by atoms with E-state index in [9.17, 15) is 4.79 Å². The van der Waals surface area contributed by atoms with Crippen LogP contribution in [0.3, 0.4) is 0 Å². The van der Waals surface area contributed by atoms with Crippen LogP contribution in [0.25, 0.3) is 0 Å². The number of pyridine rings is 1. The molecule has 0 saturated carbocycles. The normalized spacial score (nSPS) is 19.4. The second-order valence-electron chi connectivity index (χ2n) is 5.68. The van der Waals surface area contributed by atoms with Gasteiger partial charge in [0.2, 0.25) is 0 Å². The molecule has 1 aromatic heterocycles. The third-order valence-corrected chi connectivity index (χ3v) is 3.93. The summed E-state index contributed by atoms with van der Waals surface area (Å²) in [5, 5.41) is 3.88. The minimum absolute atomic E-state index is 0.0200. The highest BCUT2D eigenvalue weighted by Crippen LogP contribution is 2.21. The number of hydrogen-bond donors (Lipinski definition) is 1. The lowest BCUT2D eigenvalue weighted by atomic mass is 9.97. The Bertz CT molecular complexity index is 464. The van der Waals surface area contributed by atoms with Crippen LogP contribution in [0.1, 0.15) is 37.0 Å². The number of piperidine rings is 1. The number of nitrogens with zero attached hydrogens (tertiary/aromatic N) is 2. The summed E-state index contributed by atoms with van der Waals surface area (Å²) >= 11 is 6.06. The van der Waals surface area contributed by atoms with E-state index in [2.05, 4.69) is 24.1 Å². The lowest BCUT2D eigenvalue weighted by Crippen LogP contribution is -2.43. The van der Waals surface area contributed by atoms with Gasteiger partial charge in [0.05, 0.1) is 10.6 Å². The highest BCUT2D eigenvalue weighted by atomic mass is 35.5. The van der Waals surface area contributed by atoms with E-state index in [1.54, 1.807) is 12.3 Å². The van der Waals surface area contributed by atoms with Gasteiger partial charge in [0.25, 0.3) is 5.91 Å². The number of amides is 1. The Morgan fingerprint density at radius 1 is 1.60 bits per heavy atom. The minimum atomic E-state index is 0.0200. The SMILES string of the molecule is CC(C)NCC1CCCN(C(=O)c2ccncc2Cl)C1. The predicted octanol–water partition coefficient (Wildman–Crippen LogP) is 2.59. The molecule has 1 aromatic rings. The molecule has 20 heavy (non-hydrogen) atoms. The number of likely N-dealkylation sites (tertiary alicyclic amines) is 1. The van der Waals surface area contributed by atoms with Crippen molar-refractivity contribution in [1.29, 1.82) is 0 Å². The van der Waals surface area contributed by atoms with Crippen molar-refractivity contribution in [3.63, 3.8) is 0 Å². The van der Waals surface area contributed by atoms with Gasteiger partial charge in [-0.2, -0.15) is 0 Å². The Morgan fingerprint density at radius 2 is 2.40 bits per heavy atom. The van der Waals surface area contributed by atoms with Gasteiger partial charge >= 0.3 is 0 Å². The number of carbonyl (C=O) groups excluding carboxylic acids is 1. The summed E-state index contributed by atoms with van der Waals surface area (Å²) in [6.07, 6.45) is 5.36. The first-order valence-corrected chi connectivity index (χ1v) is 7.58. The first kappa shape index (κ1) is 15.3. The average Bonchev–Trinajstić information content (AvgIpc) is 2.45. The summed E-state index contributed by atoms with van der Waals surface area (Å²) in [7, 11) is 0. The maximum absolute atomic E-state index is 12.5. The van der Waals surface area contributed by atoms with E-state index in [1.807, 2.05) is 4.90 Å². The number of rotatable bonds is 4. The first-order chi connectivity index (χ1) is 9.58. The highest BCUT2D eigenvalue weighted by Gasteiger charge is 2.25. The summed E-state index contributed by atoms with van der Waals surface area (Å²) in [4.78, 5) is 18.3. The standard InChI is InChI=1S/C15H22ClN3O/c1-11(2)18-8-12-4-3-7-19(10-12)15(20)13-5-6-17-9-14(13)16/h5-6,9,11-12,18H,3-4,7-8,10H2,1-2H3. The average molecular weight is 296 g/mol. The molecular weight excluding hydrogens is 274 g/mol. The van der Waals surface area contributed by atoms with Crippen LogP contribution in [-0.2, 0) is 0 Å². The second kappa shape index (κ2) is 7.04. The molecule has 2 rings (SSSR count). The maximum atomic E-state index is 12.5. The fraction of sp³-hybridized carbons (Fsp3) is 0.600. The molecule has 0 aliphatic carbocycles. The van der Waals surface area contributed by atoms with Crippen molar-refractivity contribution in [2.75, 3.05) is 19.6 Å². The van der Waals surface area contributed by atoms with Crippen LogP contribution >= 0.6 is 11.6 Å². The Kier molecular flexibility index (Phi) is 5.38. The summed E-state index contributed by atoms with van der Waals surface area (Å²) < 4.78 is 0. The Balaban J connectivity index is 1.98. The number of carbonyl (C=O) groups is 1. The molecule has 1 unspecified atom stereocenters. The zero-order valence-electron chi connectivity index (χ0n) is 12.1. The molecule has 1 amide bonds. The highest BCUT2D eigenvalue weighted by molar-refractivity contribution is 6.33. The third kappa shape index (κ3) is 3.93. The van der Waals surface area contributed by atoms with Gasteiger partial charge in [-0.3, -0.25) is 9.78 Å². The van der Waals surface area contributed by atoms with Crippen LogP contribution in [-0.4, -0.2) is 41.5 Å². The largest absolute Gasteiger partial charge is 0.338 e. The molecule has 0 spiro atoms. The number of halogens is 1. The smallest absolute Gasteiger partial charge is 0.255 e. The first-order valence-electron chi connectivity index (χ1n) is 7.20. The maximum Gasteiger partial charge on any atom is 0.255 e. The number of hydrogen-bond acceptors (Lipinski definition) is 3. The van der Waals surface area contributed by atoms with E-state index >= 15 is 0 Å². The van der Waals surface area contributed by atoms with E-state index in [-0.39, 0.29) is 5.91 Å². The number of nitrogens with one attached hydrogen (secondary N) is 1. The topological polar surface area (TPSA) is 45.2 Å². The molecule has 0 radical (unpaired) electrons. The van der Waals surface area contributed by atoms with Crippen LogP contribution in [0.4, 0.5) is 0 Å².